The van der Waals surface area contributed by atoms with Crippen LogP contribution in [0.2, 0.25) is 0 Å². The first kappa shape index (κ1) is 15.4. The van der Waals surface area contributed by atoms with Crippen molar-refractivity contribution in [2.24, 2.45) is 5.92 Å². The molecule has 7 heteroatoms. The average molecular weight is 293 g/mol. The van der Waals surface area contributed by atoms with Crippen LogP contribution in [0.5, 0.6) is 0 Å². The van der Waals surface area contributed by atoms with Crippen molar-refractivity contribution in [3.8, 4) is 0 Å². The molecule has 7 nitrogen and oxygen atoms in total. The Morgan fingerprint density at radius 1 is 1.10 bits per heavy atom. The number of benzene rings is 1. The average Bonchev–Trinajstić information content (AvgIpc) is 2.48. The molecule has 2 rings (SSSR count). The van der Waals surface area contributed by atoms with Crippen LogP contribution in [0.15, 0.2) is 18.2 Å². The van der Waals surface area contributed by atoms with Crippen molar-refractivity contribution in [2.75, 3.05) is 6.54 Å². The topological polar surface area (TPSA) is 98.3 Å². The van der Waals surface area contributed by atoms with Crippen molar-refractivity contribution in [3.05, 3.63) is 44.0 Å². The molecule has 1 saturated carbocycles. The van der Waals surface area contributed by atoms with E-state index in [0.29, 0.717) is 18.0 Å². The third-order valence-corrected chi connectivity index (χ3v) is 3.95. The standard InChI is InChI=1S/C14H19N3O4/c18-16(19)13-7-6-12(14(8-13)17(20)21)10-15-9-11-4-2-1-3-5-11/h6-8,11,15H,1-5,9-10H2. The summed E-state index contributed by atoms with van der Waals surface area (Å²) in [6, 6.07) is 3.80. The molecule has 0 radical (unpaired) electrons. The van der Waals surface area contributed by atoms with Crippen LogP contribution in [0.4, 0.5) is 11.4 Å². The maximum atomic E-state index is 11.0. The molecule has 1 aliphatic carbocycles. The Kier molecular flexibility index (Phi) is 5.21. The van der Waals surface area contributed by atoms with Gasteiger partial charge in [0.05, 0.1) is 15.9 Å². The van der Waals surface area contributed by atoms with Crippen molar-refractivity contribution < 1.29 is 9.85 Å². The Hall–Kier alpha value is -2.02. The van der Waals surface area contributed by atoms with E-state index in [1.165, 1.54) is 44.2 Å². The Balaban J connectivity index is 1.98. The van der Waals surface area contributed by atoms with Crippen LogP contribution in [0.3, 0.4) is 0 Å². The van der Waals surface area contributed by atoms with E-state index in [2.05, 4.69) is 5.32 Å². The van der Waals surface area contributed by atoms with E-state index in [-0.39, 0.29) is 11.4 Å². The lowest BCUT2D eigenvalue weighted by Gasteiger charge is -2.21. The number of nitro groups is 2. The molecule has 0 amide bonds. The van der Waals surface area contributed by atoms with Crippen LogP contribution in [0, 0.1) is 26.1 Å². The Morgan fingerprint density at radius 2 is 1.81 bits per heavy atom. The fourth-order valence-electron chi connectivity index (χ4n) is 2.79. The van der Waals surface area contributed by atoms with Crippen molar-refractivity contribution >= 4 is 11.4 Å². The van der Waals surface area contributed by atoms with E-state index in [1.54, 1.807) is 0 Å². The lowest BCUT2D eigenvalue weighted by molar-refractivity contribution is -0.394. The van der Waals surface area contributed by atoms with Gasteiger partial charge in [0.2, 0.25) is 0 Å². The van der Waals surface area contributed by atoms with Crippen LogP contribution in [0.1, 0.15) is 37.7 Å². The molecule has 0 spiro atoms. The highest BCUT2D eigenvalue weighted by molar-refractivity contribution is 5.49. The van der Waals surface area contributed by atoms with Gasteiger partial charge in [-0.05, 0) is 31.4 Å². The monoisotopic (exact) mass is 293 g/mol. The van der Waals surface area contributed by atoms with Gasteiger partial charge in [-0.15, -0.1) is 0 Å². The molecule has 0 heterocycles. The van der Waals surface area contributed by atoms with Gasteiger partial charge in [0.15, 0.2) is 0 Å². The molecule has 0 bridgehead atoms. The van der Waals surface area contributed by atoms with Gasteiger partial charge < -0.3 is 5.32 Å². The van der Waals surface area contributed by atoms with Gasteiger partial charge in [-0.2, -0.15) is 0 Å². The number of nitro benzene ring substituents is 2. The second kappa shape index (κ2) is 7.12. The second-order valence-electron chi connectivity index (χ2n) is 5.46. The van der Waals surface area contributed by atoms with E-state index >= 15 is 0 Å². The Bertz CT molecular complexity index is 527. The molecule has 1 aliphatic rings. The van der Waals surface area contributed by atoms with E-state index in [1.807, 2.05) is 0 Å². The minimum Gasteiger partial charge on any atom is -0.312 e. The fourth-order valence-corrected chi connectivity index (χ4v) is 2.79. The van der Waals surface area contributed by atoms with Crippen LogP contribution in [0.25, 0.3) is 0 Å². The number of hydrogen-bond donors (Lipinski definition) is 1. The Labute approximate surface area is 122 Å². The van der Waals surface area contributed by atoms with E-state index < -0.39 is 9.85 Å². The summed E-state index contributed by atoms with van der Waals surface area (Å²) < 4.78 is 0. The summed E-state index contributed by atoms with van der Waals surface area (Å²) in [4.78, 5) is 20.5. The normalized spacial score (nSPS) is 15.8. The molecule has 0 aromatic heterocycles. The number of nitrogens with zero attached hydrogens (tertiary/aromatic N) is 2. The molecule has 1 aromatic rings. The third-order valence-electron chi connectivity index (χ3n) is 3.95. The van der Waals surface area contributed by atoms with E-state index in [9.17, 15) is 20.2 Å². The predicted molar refractivity (Wildman–Crippen MR) is 78.0 cm³/mol. The minimum absolute atomic E-state index is 0.194. The van der Waals surface area contributed by atoms with Crippen molar-refractivity contribution in [1.29, 1.82) is 0 Å². The number of hydrogen-bond acceptors (Lipinski definition) is 5. The predicted octanol–water partition coefficient (Wildman–Crippen LogP) is 3.17. The van der Waals surface area contributed by atoms with Crippen LogP contribution in [-0.2, 0) is 6.54 Å². The van der Waals surface area contributed by atoms with Gasteiger partial charge in [-0.3, -0.25) is 20.2 Å². The van der Waals surface area contributed by atoms with Crippen LogP contribution < -0.4 is 5.32 Å². The minimum atomic E-state index is -0.619. The lowest BCUT2D eigenvalue weighted by atomic mass is 9.89. The molecule has 0 saturated heterocycles. The molecular formula is C14H19N3O4. The highest BCUT2D eigenvalue weighted by Crippen LogP contribution is 2.25. The van der Waals surface area contributed by atoms with Crippen LogP contribution in [-0.4, -0.2) is 16.4 Å². The number of nitrogens with one attached hydrogen (secondary N) is 1. The highest BCUT2D eigenvalue weighted by Gasteiger charge is 2.19. The SMILES string of the molecule is O=[N+]([O-])c1ccc(CNCC2CCCCC2)c([N+](=O)[O-])c1. The summed E-state index contributed by atoms with van der Waals surface area (Å²) in [6.45, 7) is 1.21. The molecule has 114 valence electrons. The van der Waals surface area contributed by atoms with Gasteiger partial charge in [-0.1, -0.05) is 19.3 Å². The molecule has 21 heavy (non-hydrogen) atoms. The first-order valence-corrected chi connectivity index (χ1v) is 7.20. The fraction of sp³-hybridized carbons (Fsp3) is 0.571. The quantitative estimate of drug-likeness (QED) is 0.641. The first-order chi connectivity index (χ1) is 10.1. The zero-order valence-electron chi connectivity index (χ0n) is 11.8. The molecule has 1 N–H and O–H groups in total. The van der Waals surface area contributed by atoms with Gasteiger partial charge >= 0.3 is 0 Å². The molecule has 0 aliphatic heterocycles. The number of rotatable bonds is 6. The first-order valence-electron chi connectivity index (χ1n) is 7.20. The third kappa shape index (κ3) is 4.22. The van der Waals surface area contributed by atoms with E-state index in [0.717, 1.165) is 12.6 Å². The maximum Gasteiger partial charge on any atom is 0.280 e. The lowest BCUT2D eigenvalue weighted by Crippen LogP contribution is -2.24. The molecule has 1 aromatic carbocycles. The van der Waals surface area contributed by atoms with Crippen LogP contribution >= 0.6 is 0 Å². The molecule has 0 unspecified atom stereocenters. The second-order valence-corrected chi connectivity index (χ2v) is 5.46. The zero-order chi connectivity index (χ0) is 15.2. The zero-order valence-corrected chi connectivity index (χ0v) is 11.8. The van der Waals surface area contributed by atoms with Gasteiger partial charge in [0.25, 0.3) is 11.4 Å². The summed E-state index contributed by atoms with van der Waals surface area (Å²) in [5, 5.41) is 24.9. The van der Waals surface area contributed by atoms with E-state index in [4.69, 9.17) is 0 Å². The van der Waals surface area contributed by atoms with Gasteiger partial charge in [0.1, 0.15) is 0 Å². The summed E-state index contributed by atoms with van der Waals surface area (Å²) in [5.41, 5.74) is 0.0412. The van der Waals surface area contributed by atoms with Crippen molar-refractivity contribution in [3.63, 3.8) is 0 Å². The summed E-state index contributed by atoms with van der Waals surface area (Å²) in [7, 11) is 0. The number of non-ortho nitro benzene ring substituents is 1. The Morgan fingerprint density at radius 3 is 2.43 bits per heavy atom. The summed E-state index contributed by atoms with van der Waals surface area (Å²) in [6.07, 6.45) is 6.21. The molecular weight excluding hydrogens is 274 g/mol. The van der Waals surface area contributed by atoms with Gasteiger partial charge in [-0.25, -0.2) is 0 Å². The summed E-state index contributed by atoms with van der Waals surface area (Å²) >= 11 is 0. The molecule has 0 atom stereocenters. The maximum absolute atomic E-state index is 11.0. The smallest absolute Gasteiger partial charge is 0.280 e. The van der Waals surface area contributed by atoms with Gasteiger partial charge in [0, 0.05) is 18.2 Å². The van der Waals surface area contributed by atoms with Crippen molar-refractivity contribution in [1.82, 2.24) is 5.32 Å². The highest BCUT2D eigenvalue weighted by atomic mass is 16.6. The largest absolute Gasteiger partial charge is 0.312 e. The molecule has 1 fully saturated rings. The van der Waals surface area contributed by atoms with Crippen molar-refractivity contribution in [2.45, 2.75) is 38.6 Å². The summed E-state index contributed by atoms with van der Waals surface area (Å²) in [5.74, 6) is 0.635.